The molecule has 0 aromatic carbocycles. The van der Waals surface area contributed by atoms with Gasteiger partial charge in [-0.05, 0) is 0 Å². The van der Waals surface area contributed by atoms with Crippen LogP contribution in [-0.4, -0.2) is 32.1 Å². The number of fused-ring (bicyclic) bond motifs is 1. The van der Waals surface area contributed by atoms with Crippen molar-refractivity contribution in [3.63, 3.8) is 0 Å². The molecule has 0 aliphatic carbocycles. The predicted octanol–water partition coefficient (Wildman–Crippen LogP) is -2.02. The number of rotatable bonds is 0. The van der Waals surface area contributed by atoms with Gasteiger partial charge in [0.15, 0.2) is 0 Å². The molecule has 2 unspecified atom stereocenters. The summed E-state index contributed by atoms with van der Waals surface area (Å²) in [6.07, 6.45) is 0.492. The van der Waals surface area contributed by atoms with Gasteiger partial charge in [0.25, 0.3) is 0 Å². The van der Waals surface area contributed by atoms with E-state index in [0.29, 0.717) is 12.2 Å². The molecule has 0 amide bonds. The van der Waals surface area contributed by atoms with E-state index in [1.807, 2.05) is 0 Å². The van der Waals surface area contributed by atoms with Gasteiger partial charge in [0.2, 0.25) is 0 Å². The van der Waals surface area contributed by atoms with Gasteiger partial charge in [-0.15, -0.1) is 0 Å². The van der Waals surface area contributed by atoms with E-state index in [1.165, 1.54) is 0 Å². The quantitative estimate of drug-likeness (QED) is 0.304. The Bertz CT molecular complexity index is 93.1. The minimum atomic E-state index is 0.492. The maximum Gasteiger partial charge on any atom is 0.0762 e. The Morgan fingerprint density at radius 3 is 2.78 bits per heavy atom. The molecule has 2 aliphatic heterocycles. The fourth-order valence-electron chi connectivity index (χ4n) is 1.37. The van der Waals surface area contributed by atoms with E-state index in [-0.39, 0.29) is 0 Å². The van der Waals surface area contributed by atoms with Crippen LogP contribution in [0.5, 0.6) is 0 Å². The number of nitrogens with one attached hydrogen (secondary N) is 4. The molecular formula is C5H12N4. The highest BCUT2D eigenvalue weighted by atomic mass is 15.3. The first-order valence-electron chi connectivity index (χ1n) is 3.38. The molecule has 2 atom stereocenters. The second-order valence-electron chi connectivity index (χ2n) is 2.50. The predicted molar refractivity (Wildman–Crippen MR) is 34.7 cm³/mol. The van der Waals surface area contributed by atoms with Gasteiger partial charge in [-0.2, -0.15) is 0 Å². The molecule has 2 fully saturated rings. The zero-order valence-electron chi connectivity index (χ0n) is 5.28. The smallest absolute Gasteiger partial charge is 0.0762 e. The van der Waals surface area contributed by atoms with Crippen molar-refractivity contribution in [2.24, 2.45) is 0 Å². The van der Waals surface area contributed by atoms with Crippen molar-refractivity contribution < 1.29 is 0 Å². The van der Waals surface area contributed by atoms with Gasteiger partial charge >= 0.3 is 0 Å². The molecule has 0 bridgehead atoms. The maximum atomic E-state index is 3.32. The third kappa shape index (κ3) is 0.943. The third-order valence-corrected chi connectivity index (χ3v) is 1.90. The van der Waals surface area contributed by atoms with Gasteiger partial charge in [-0.25, -0.2) is 0 Å². The molecule has 0 aromatic heterocycles. The minimum Gasteiger partial charge on any atom is -0.303 e. The fourth-order valence-corrected chi connectivity index (χ4v) is 1.37. The summed E-state index contributed by atoms with van der Waals surface area (Å²) < 4.78 is 0. The third-order valence-electron chi connectivity index (χ3n) is 1.90. The van der Waals surface area contributed by atoms with Crippen LogP contribution in [0, 0.1) is 0 Å². The second-order valence-corrected chi connectivity index (χ2v) is 2.50. The topological polar surface area (TPSA) is 48.1 Å². The van der Waals surface area contributed by atoms with E-state index in [2.05, 4.69) is 21.3 Å². The van der Waals surface area contributed by atoms with Crippen molar-refractivity contribution in [1.29, 1.82) is 0 Å². The highest BCUT2D eigenvalue weighted by Gasteiger charge is 2.27. The molecule has 2 heterocycles. The molecule has 0 saturated carbocycles. The zero-order chi connectivity index (χ0) is 6.10. The molecule has 4 nitrogen and oxygen atoms in total. The van der Waals surface area contributed by atoms with Crippen molar-refractivity contribution in [2.45, 2.75) is 12.2 Å². The maximum absolute atomic E-state index is 3.32. The van der Waals surface area contributed by atoms with E-state index in [9.17, 15) is 0 Å². The van der Waals surface area contributed by atoms with Gasteiger partial charge in [-0.1, -0.05) is 0 Å². The van der Waals surface area contributed by atoms with Gasteiger partial charge in [0.05, 0.1) is 6.17 Å². The van der Waals surface area contributed by atoms with Crippen LogP contribution in [0.15, 0.2) is 0 Å². The van der Waals surface area contributed by atoms with Gasteiger partial charge in [0, 0.05) is 25.9 Å². The van der Waals surface area contributed by atoms with Gasteiger partial charge < -0.3 is 5.32 Å². The van der Waals surface area contributed by atoms with Crippen LogP contribution < -0.4 is 21.3 Å². The van der Waals surface area contributed by atoms with Crippen molar-refractivity contribution >= 4 is 0 Å². The first-order chi connectivity index (χ1) is 4.47. The molecule has 9 heavy (non-hydrogen) atoms. The van der Waals surface area contributed by atoms with Gasteiger partial charge in [-0.3, -0.25) is 16.0 Å². The van der Waals surface area contributed by atoms with Crippen molar-refractivity contribution in [3.8, 4) is 0 Å². The molecule has 2 saturated heterocycles. The standard InChI is InChI=1S/C5H12N4/c1-4-5(8-2-6-1)9-3-7-4/h4-9H,1-3H2. The Balaban J connectivity index is 1.97. The summed E-state index contributed by atoms with van der Waals surface area (Å²) >= 11 is 0. The first-order valence-corrected chi connectivity index (χ1v) is 3.38. The Kier molecular flexibility index (Phi) is 1.39. The first kappa shape index (κ1) is 5.61. The number of hydrogen-bond donors (Lipinski definition) is 4. The molecule has 2 rings (SSSR count). The molecule has 2 aliphatic rings. The molecule has 0 radical (unpaired) electrons. The molecule has 0 spiro atoms. The lowest BCUT2D eigenvalue weighted by molar-refractivity contribution is 0.340. The van der Waals surface area contributed by atoms with Crippen LogP contribution in [0.3, 0.4) is 0 Å². The molecular weight excluding hydrogens is 116 g/mol. The van der Waals surface area contributed by atoms with Crippen molar-refractivity contribution in [2.75, 3.05) is 19.9 Å². The Morgan fingerprint density at radius 1 is 1.00 bits per heavy atom. The summed E-state index contributed by atoms with van der Waals surface area (Å²) in [5.41, 5.74) is 0. The zero-order valence-corrected chi connectivity index (χ0v) is 5.28. The second kappa shape index (κ2) is 2.22. The largest absolute Gasteiger partial charge is 0.303 e. The summed E-state index contributed by atoms with van der Waals surface area (Å²) in [7, 11) is 0. The normalized spacial score (nSPS) is 42.7. The summed E-state index contributed by atoms with van der Waals surface area (Å²) in [6, 6.07) is 0.582. The summed E-state index contributed by atoms with van der Waals surface area (Å²) in [5.74, 6) is 0. The molecule has 0 aromatic rings. The van der Waals surface area contributed by atoms with Crippen molar-refractivity contribution in [3.05, 3.63) is 0 Å². The summed E-state index contributed by atoms with van der Waals surface area (Å²) in [4.78, 5) is 0. The van der Waals surface area contributed by atoms with E-state index in [0.717, 1.165) is 19.9 Å². The van der Waals surface area contributed by atoms with Crippen LogP contribution >= 0.6 is 0 Å². The van der Waals surface area contributed by atoms with E-state index < -0.39 is 0 Å². The van der Waals surface area contributed by atoms with E-state index >= 15 is 0 Å². The highest BCUT2D eigenvalue weighted by Crippen LogP contribution is 1.97. The Hall–Kier alpha value is -0.160. The lowest BCUT2D eigenvalue weighted by Crippen LogP contribution is -2.58. The van der Waals surface area contributed by atoms with Crippen LogP contribution in [0.1, 0.15) is 0 Å². The highest BCUT2D eigenvalue weighted by molar-refractivity contribution is 4.89. The van der Waals surface area contributed by atoms with Crippen LogP contribution in [0.25, 0.3) is 0 Å². The summed E-state index contributed by atoms with van der Waals surface area (Å²) in [5, 5.41) is 13.2. The molecule has 4 N–H and O–H groups in total. The average Bonchev–Trinajstić information content (AvgIpc) is 2.33. The van der Waals surface area contributed by atoms with Crippen molar-refractivity contribution in [1.82, 2.24) is 21.3 Å². The lowest BCUT2D eigenvalue weighted by atomic mass is 10.2. The molecule has 4 heteroatoms. The average molecular weight is 128 g/mol. The SMILES string of the molecule is C1NCC2NCNC2N1. The fraction of sp³-hybridized carbons (Fsp3) is 1.00. The van der Waals surface area contributed by atoms with Crippen LogP contribution in [0.2, 0.25) is 0 Å². The van der Waals surface area contributed by atoms with E-state index in [4.69, 9.17) is 0 Å². The monoisotopic (exact) mass is 128 g/mol. The lowest BCUT2D eigenvalue weighted by Gasteiger charge is -2.26. The van der Waals surface area contributed by atoms with Crippen LogP contribution in [0.4, 0.5) is 0 Å². The minimum absolute atomic E-state index is 0.492. The Labute approximate surface area is 54.4 Å². The van der Waals surface area contributed by atoms with Crippen LogP contribution in [-0.2, 0) is 0 Å². The van der Waals surface area contributed by atoms with E-state index in [1.54, 1.807) is 0 Å². The summed E-state index contributed by atoms with van der Waals surface area (Å²) in [6.45, 7) is 2.94. The molecule has 52 valence electrons. The Morgan fingerprint density at radius 2 is 1.89 bits per heavy atom. The number of hydrogen-bond acceptors (Lipinski definition) is 4. The van der Waals surface area contributed by atoms with Gasteiger partial charge in [0.1, 0.15) is 0 Å².